The van der Waals surface area contributed by atoms with E-state index in [0.29, 0.717) is 22.1 Å². The Kier molecular flexibility index (Phi) is 16.1. The van der Waals surface area contributed by atoms with E-state index in [2.05, 4.69) is 111 Å². The van der Waals surface area contributed by atoms with Crippen molar-refractivity contribution < 1.29 is 0 Å². The maximum absolute atomic E-state index is 6.51. The molecule has 65 heavy (non-hydrogen) atoms. The Bertz CT molecular complexity index is 2620. The van der Waals surface area contributed by atoms with Crippen molar-refractivity contribution in [2.45, 2.75) is 109 Å². The monoisotopic (exact) mass is 921 g/mol. The molecule has 0 aromatic carbocycles. The first kappa shape index (κ1) is 48.2. The van der Waals surface area contributed by atoms with Crippen LogP contribution in [0.3, 0.4) is 0 Å². The summed E-state index contributed by atoms with van der Waals surface area (Å²) in [7, 11) is 10.0. The maximum atomic E-state index is 6.51. The van der Waals surface area contributed by atoms with Crippen LogP contribution < -0.4 is 20.9 Å². The molecule has 0 bridgehead atoms. The number of pyridine rings is 4. The van der Waals surface area contributed by atoms with Gasteiger partial charge >= 0.3 is 0 Å². The zero-order valence-corrected chi connectivity index (χ0v) is 40.5. The van der Waals surface area contributed by atoms with Gasteiger partial charge in [-0.1, -0.05) is 47.1 Å². The van der Waals surface area contributed by atoms with Gasteiger partial charge in [0.25, 0.3) is 0 Å². The highest BCUT2D eigenvalue weighted by atomic mass is 35.5. The van der Waals surface area contributed by atoms with Gasteiger partial charge in [0, 0.05) is 120 Å². The first-order valence-electron chi connectivity index (χ1n) is 22.0. The van der Waals surface area contributed by atoms with Gasteiger partial charge in [-0.3, -0.25) is 9.97 Å². The lowest BCUT2D eigenvalue weighted by Crippen LogP contribution is -2.35. The van der Waals surface area contributed by atoms with Gasteiger partial charge in [0.1, 0.15) is 11.6 Å². The van der Waals surface area contributed by atoms with Crippen molar-refractivity contribution in [3.63, 3.8) is 0 Å². The van der Waals surface area contributed by atoms with Crippen LogP contribution in [0.5, 0.6) is 0 Å². The van der Waals surface area contributed by atoms with Gasteiger partial charge in [0.05, 0.1) is 44.9 Å². The minimum absolute atomic E-state index is 0.136. The number of nitrogens with one attached hydrogen (secondary N) is 1. The molecule has 8 heterocycles. The molecule has 2 atom stereocenters. The van der Waals surface area contributed by atoms with Crippen LogP contribution in [0.25, 0.3) is 22.5 Å². The Labute approximate surface area is 401 Å². The van der Waals surface area contributed by atoms with E-state index in [1.807, 2.05) is 51.0 Å². The number of anilines is 3. The Balaban J connectivity index is 0.000000169. The molecule has 6 aromatic rings. The third kappa shape index (κ3) is 12.0. The lowest BCUT2D eigenvalue weighted by molar-refractivity contribution is 0.594. The summed E-state index contributed by atoms with van der Waals surface area (Å²) < 4.78 is 0. The molecule has 0 spiro atoms. The lowest BCUT2D eigenvalue weighted by Gasteiger charge is -2.35. The number of aryl methyl sites for hydroxylation is 4. The maximum Gasteiger partial charge on any atom is 0.223 e. The van der Waals surface area contributed by atoms with E-state index < -0.39 is 0 Å². The number of halogens is 2. The highest BCUT2D eigenvalue weighted by Gasteiger charge is 2.30. The third-order valence-corrected chi connectivity index (χ3v) is 12.9. The summed E-state index contributed by atoms with van der Waals surface area (Å²) in [5, 5.41) is 5.45. The van der Waals surface area contributed by atoms with E-state index in [9.17, 15) is 0 Å². The molecule has 2 aliphatic carbocycles. The molecule has 0 unspecified atom stereocenters. The van der Waals surface area contributed by atoms with Crippen molar-refractivity contribution in [3.8, 4) is 22.5 Å². The fourth-order valence-electron chi connectivity index (χ4n) is 7.94. The number of aromatic nitrogens is 8. The second-order valence-electron chi connectivity index (χ2n) is 16.9. The molecule has 12 nitrogen and oxygen atoms in total. The molecule has 3 N–H and O–H groups in total. The molecule has 4 aliphatic rings. The predicted molar refractivity (Wildman–Crippen MR) is 270 cm³/mol. The van der Waals surface area contributed by atoms with Crippen molar-refractivity contribution in [1.29, 1.82) is 0 Å². The highest BCUT2D eigenvalue weighted by molar-refractivity contribution is 7.98. The third-order valence-electron chi connectivity index (χ3n) is 11.7. The number of rotatable bonds is 7. The summed E-state index contributed by atoms with van der Waals surface area (Å²) in [6.07, 6.45) is 19.8. The molecular formula is C47H54B3Cl2N12S. The van der Waals surface area contributed by atoms with E-state index in [0.717, 1.165) is 123 Å². The second kappa shape index (κ2) is 21.7. The van der Waals surface area contributed by atoms with Gasteiger partial charge < -0.3 is 20.9 Å². The molecule has 18 heteroatoms. The zero-order valence-electron chi connectivity index (χ0n) is 38.2. The zero-order chi connectivity index (χ0) is 46.4. The average Bonchev–Trinajstić information content (AvgIpc) is 4.25. The molecule has 6 aromatic heterocycles. The molecule has 5 radical (unpaired) electrons. The van der Waals surface area contributed by atoms with Crippen LogP contribution in [0.15, 0.2) is 66.6 Å². The topological polar surface area (TPSA) is 148 Å². The Morgan fingerprint density at radius 1 is 0.662 bits per heavy atom. The Hall–Kier alpha value is -4.76. The summed E-state index contributed by atoms with van der Waals surface area (Å²) in [4.78, 5) is 41.5. The van der Waals surface area contributed by atoms with E-state index in [1.165, 1.54) is 25.7 Å². The van der Waals surface area contributed by atoms with E-state index in [-0.39, 0.29) is 12.1 Å². The van der Waals surface area contributed by atoms with Crippen molar-refractivity contribution >= 4 is 75.1 Å². The van der Waals surface area contributed by atoms with Gasteiger partial charge in [-0.25, -0.2) is 29.9 Å². The summed E-state index contributed by atoms with van der Waals surface area (Å²) in [6.45, 7) is 14.3. The van der Waals surface area contributed by atoms with E-state index >= 15 is 0 Å². The highest BCUT2D eigenvalue weighted by Crippen LogP contribution is 2.38. The smallest absolute Gasteiger partial charge is 0.223 e. The fraction of sp³-hybridized carbons (Fsp3) is 0.404. The number of thioether (sulfide) groups is 1. The molecule has 10 rings (SSSR count). The number of hydrogen-bond acceptors (Lipinski definition) is 13. The molecule has 331 valence electrons. The minimum Gasteiger partial charge on any atom is -0.351 e. The van der Waals surface area contributed by atoms with Gasteiger partial charge in [-0.2, -0.15) is 0 Å². The minimum atomic E-state index is 0.136. The van der Waals surface area contributed by atoms with Crippen molar-refractivity contribution in [3.05, 3.63) is 116 Å². The first-order chi connectivity index (χ1) is 31.3. The fourth-order valence-corrected chi connectivity index (χ4v) is 8.68. The molecule has 2 saturated carbocycles. The van der Waals surface area contributed by atoms with Gasteiger partial charge in [0.2, 0.25) is 5.95 Å². The normalized spacial score (nSPS) is 17.2. The largest absolute Gasteiger partial charge is 0.351 e. The molecule has 0 saturated heterocycles. The molecule has 0 amide bonds. The lowest BCUT2D eigenvalue weighted by atomic mass is 9.40. The first-order valence-corrected chi connectivity index (χ1v) is 24.0. The van der Waals surface area contributed by atoms with Gasteiger partial charge in [0.15, 0.2) is 5.16 Å². The molecular weight excluding hydrogens is 868 g/mol. The predicted octanol–water partition coefficient (Wildman–Crippen LogP) is 8.92. The summed E-state index contributed by atoms with van der Waals surface area (Å²) in [5.41, 5.74) is 17.9. The second-order valence-corrected chi connectivity index (χ2v) is 18.5. The standard InChI is InChI=1S/C23H25ClN6.C21H22ClN5S.C3H7N.B3/c1-13-8-14(2)22(26-10-13)17-9-21(25-12-19(17)24)30-7-6-20-18(15(30)3)11-27-23(29-20)28-16-4-5-16;1-12-7-13(2)20(24-9-12)15-8-19(23-11-17(15)22)27-6-5-18-16(14(27)3)10-25-21(26-18)28-4;4-3-1-2-3;1-3-2/h8-12,15-16H,4-7H2,1-3H3,(H,27,28,29);7-11,14H,5-6H2,1-4H3;3H,1-2,4H2;/t15-;14-;;/m00../s1. The number of hydrogen-bond donors (Lipinski definition) is 2. The summed E-state index contributed by atoms with van der Waals surface area (Å²) in [5.74, 6) is 2.55. The Morgan fingerprint density at radius 3 is 1.55 bits per heavy atom. The average molecular weight is 922 g/mol. The quantitative estimate of drug-likeness (QED) is 0.0893. The van der Waals surface area contributed by atoms with Crippen LogP contribution in [0.2, 0.25) is 10.0 Å². The van der Waals surface area contributed by atoms with Gasteiger partial charge in [-0.15, -0.1) is 0 Å². The van der Waals surface area contributed by atoms with Crippen LogP contribution in [0, 0.1) is 27.7 Å². The number of fused-ring (bicyclic) bond motifs is 2. The van der Waals surface area contributed by atoms with Crippen LogP contribution in [0.1, 0.15) is 96.4 Å². The van der Waals surface area contributed by atoms with Crippen LogP contribution in [-0.2, 0) is 12.8 Å². The van der Waals surface area contributed by atoms with Crippen LogP contribution in [-0.4, -0.2) is 93.8 Å². The molecule has 2 fully saturated rings. The number of nitrogens with two attached hydrogens (primary N) is 1. The van der Waals surface area contributed by atoms with Gasteiger partial charge in [-0.05, 0) is 108 Å². The van der Waals surface area contributed by atoms with E-state index in [4.69, 9.17) is 33.9 Å². The van der Waals surface area contributed by atoms with Crippen molar-refractivity contribution in [2.24, 2.45) is 5.73 Å². The van der Waals surface area contributed by atoms with E-state index in [1.54, 1.807) is 24.2 Å². The number of nitrogens with zero attached hydrogens (tertiary/aromatic N) is 10. The van der Waals surface area contributed by atoms with Crippen molar-refractivity contribution in [2.75, 3.05) is 34.5 Å². The summed E-state index contributed by atoms with van der Waals surface area (Å²) >= 11 is 14.6. The van der Waals surface area contributed by atoms with Crippen LogP contribution in [0.4, 0.5) is 17.6 Å². The van der Waals surface area contributed by atoms with Crippen LogP contribution >= 0.6 is 35.0 Å². The SMILES string of the molecule is CSc1ncc2c(n1)CCN(c1cc(-c3ncc(C)cc3C)c(Cl)cn1)[C@H]2C.Cc1cnc(-c2cc(N3CCc4nc(NC5CC5)ncc4[C@@H]3C)ncc2Cl)c(C)c1.NC1CC1.[B][B][B]. The molecule has 2 aliphatic heterocycles. The van der Waals surface area contributed by atoms with Crippen molar-refractivity contribution in [1.82, 2.24) is 39.9 Å². The summed E-state index contributed by atoms with van der Waals surface area (Å²) in [6, 6.07) is 9.77. The Morgan fingerprint density at radius 2 is 1.12 bits per heavy atom.